The SMILES string of the molecule is Cc1cc(NC2CCCCC2C(C)C)c([N+](=O)[O-])cc1C. The van der Waals surface area contributed by atoms with Gasteiger partial charge in [-0.2, -0.15) is 0 Å². The van der Waals surface area contributed by atoms with Crippen LogP contribution in [0.3, 0.4) is 0 Å². The van der Waals surface area contributed by atoms with Gasteiger partial charge in [0.05, 0.1) is 4.92 Å². The lowest BCUT2D eigenvalue weighted by atomic mass is 9.77. The minimum absolute atomic E-state index is 0.200. The number of nitrogens with zero attached hydrogens (tertiary/aromatic N) is 1. The molecule has 2 atom stereocenters. The second-order valence-corrected chi connectivity index (χ2v) is 6.65. The molecule has 0 spiro atoms. The van der Waals surface area contributed by atoms with Crippen molar-refractivity contribution in [2.24, 2.45) is 11.8 Å². The highest BCUT2D eigenvalue weighted by Gasteiger charge is 2.29. The lowest BCUT2D eigenvalue weighted by molar-refractivity contribution is -0.384. The molecule has 0 aliphatic heterocycles. The fraction of sp³-hybridized carbons (Fsp3) is 0.647. The first kappa shape index (κ1) is 15.8. The monoisotopic (exact) mass is 290 g/mol. The Morgan fingerprint density at radius 2 is 1.81 bits per heavy atom. The first-order valence-corrected chi connectivity index (χ1v) is 7.92. The predicted molar refractivity (Wildman–Crippen MR) is 86.8 cm³/mol. The minimum atomic E-state index is -0.276. The molecule has 4 heteroatoms. The highest BCUT2D eigenvalue weighted by molar-refractivity contribution is 5.65. The molecule has 1 aromatic rings. The predicted octanol–water partition coefficient (Wildman–Crippen LogP) is 4.84. The van der Waals surface area contributed by atoms with Crippen LogP contribution in [-0.2, 0) is 0 Å². The summed E-state index contributed by atoms with van der Waals surface area (Å²) in [6.07, 6.45) is 4.80. The van der Waals surface area contributed by atoms with E-state index in [2.05, 4.69) is 19.2 Å². The number of anilines is 1. The molecule has 1 aliphatic carbocycles. The molecule has 0 heterocycles. The number of nitro groups is 1. The van der Waals surface area contributed by atoms with E-state index >= 15 is 0 Å². The average Bonchev–Trinajstić information content (AvgIpc) is 2.42. The van der Waals surface area contributed by atoms with E-state index in [-0.39, 0.29) is 10.6 Å². The van der Waals surface area contributed by atoms with Crippen molar-refractivity contribution in [3.05, 3.63) is 33.4 Å². The van der Waals surface area contributed by atoms with Gasteiger partial charge in [0.2, 0.25) is 0 Å². The third kappa shape index (κ3) is 3.55. The lowest BCUT2D eigenvalue weighted by Gasteiger charge is -2.35. The normalized spacial score (nSPS) is 22.3. The van der Waals surface area contributed by atoms with Crippen LogP contribution in [-0.4, -0.2) is 11.0 Å². The maximum absolute atomic E-state index is 11.3. The van der Waals surface area contributed by atoms with Crippen molar-refractivity contribution in [1.29, 1.82) is 0 Å². The molecule has 0 bridgehead atoms. The number of benzene rings is 1. The zero-order chi connectivity index (χ0) is 15.6. The minimum Gasteiger partial charge on any atom is -0.376 e. The fourth-order valence-corrected chi connectivity index (χ4v) is 3.40. The Kier molecular flexibility index (Phi) is 4.86. The fourth-order valence-electron chi connectivity index (χ4n) is 3.40. The van der Waals surface area contributed by atoms with Gasteiger partial charge in [-0.15, -0.1) is 0 Å². The number of aryl methyl sites for hydroxylation is 2. The number of nitrogens with one attached hydrogen (secondary N) is 1. The molecular formula is C17H26N2O2. The summed E-state index contributed by atoms with van der Waals surface area (Å²) in [5.74, 6) is 1.20. The summed E-state index contributed by atoms with van der Waals surface area (Å²) < 4.78 is 0. The van der Waals surface area contributed by atoms with Crippen molar-refractivity contribution in [2.75, 3.05) is 5.32 Å². The quantitative estimate of drug-likeness (QED) is 0.637. The zero-order valence-corrected chi connectivity index (χ0v) is 13.5. The van der Waals surface area contributed by atoms with Crippen molar-refractivity contribution in [3.8, 4) is 0 Å². The summed E-state index contributed by atoms with van der Waals surface area (Å²) >= 11 is 0. The van der Waals surface area contributed by atoms with Crippen LogP contribution in [0, 0.1) is 35.8 Å². The van der Waals surface area contributed by atoms with Crippen LogP contribution < -0.4 is 5.32 Å². The van der Waals surface area contributed by atoms with E-state index in [1.165, 1.54) is 19.3 Å². The van der Waals surface area contributed by atoms with Gasteiger partial charge in [0.15, 0.2) is 0 Å². The Morgan fingerprint density at radius 1 is 1.19 bits per heavy atom. The van der Waals surface area contributed by atoms with Gasteiger partial charge >= 0.3 is 0 Å². The Hall–Kier alpha value is -1.58. The Balaban J connectivity index is 2.29. The Morgan fingerprint density at radius 3 is 2.43 bits per heavy atom. The largest absolute Gasteiger partial charge is 0.376 e. The molecule has 0 radical (unpaired) electrons. The van der Waals surface area contributed by atoms with Crippen molar-refractivity contribution in [2.45, 2.75) is 59.4 Å². The molecule has 1 aromatic carbocycles. The van der Waals surface area contributed by atoms with E-state index in [0.29, 0.717) is 23.6 Å². The van der Waals surface area contributed by atoms with Crippen LogP contribution in [0.25, 0.3) is 0 Å². The molecule has 4 nitrogen and oxygen atoms in total. The first-order chi connectivity index (χ1) is 9.90. The molecule has 0 saturated heterocycles. The van der Waals surface area contributed by atoms with Crippen molar-refractivity contribution in [3.63, 3.8) is 0 Å². The van der Waals surface area contributed by atoms with Gasteiger partial charge in [-0.1, -0.05) is 26.7 Å². The molecule has 21 heavy (non-hydrogen) atoms. The van der Waals surface area contributed by atoms with Crippen LogP contribution in [0.15, 0.2) is 12.1 Å². The number of nitro benzene ring substituents is 1. The third-order valence-electron chi connectivity index (χ3n) is 4.83. The van der Waals surface area contributed by atoms with Gasteiger partial charge in [-0.05, 0) is 55.7 Å². The highest BCUT2D eigenvalue weighted by Crippen LogP contribution is 2.35. The van der Waals surface area contributed by atoms with Gasteiger partial charge in [0.25, 0.3) is 5.69 Å². The van der Waals surface area contributed by atoms with Gasteiger partial charge in [0, 0.05) is 12.1 Å². The van der Waals surface area contributed by atoms with Crippen LogP contribution >= 0.6 is 0 Å². The van der Waals surface area contributed by atoms with Gasteiger partial charge < -0.3 is 5.32 Å². The topological polar surface area (TPSA) is 55.2 Å². The molecule has 1 saturated carbocycles. The van der Waals surface area contributed by atoms with Gasteiger partial charge in [-0.3, -0.25) is 10.1 Å². The van der Waals surface area contributed by atoms with Crippen LogP contribution in [0.1, 0.15) is 50.7 Å². The molecule has 2 rings (SSSR count). The van der Waals surface area contributed by atoms with Gasteiger partial charge in [-0.25, -0.2) is 0 Å². The van der Waals surface area contributed by atoms with Crippen molar-refractivity contribution < 1.29 is 4.92 Å². The molecule has 1 N–H and O–H groups in total. The van der Waals surface area contributed by atoms with E-state index in [1.54, 1.807) is 6.07 Å². The summed E-state index contributed by atoms with van der Waals surface area (Å²) in [6.45, 7) is 8.42. The average molecular weight is 290 g/mol. The summed E-state index contributed by atoms with van der Waals surface area (Å²) in [5.41, 5.74) is 2.95. The van der Waals surface area contributed by atoms with Crippen LogP contribution in [0.5, 0.6) is 0 Å². The lowest BCUT2D eigenvalue weighted by Crippen LogP contribution is -2.35. The number of rotatable bonds is 4. The molecule has 0 aromatic heterocycles. The second-order valence-electron chi connectivity index (χ2n) is 6.65. The van der Waals surface area contributed by atoms with Crippen molar-refractivity contribution in [1.82, 2.24) is 0 Å². The smallest absolute Gasteiger partial charge is 0.292 e. The number of hydrogen-bond donors (Lipinski definition) is 1. The second kappa shape index (κ2) is 6.46. The first-order valence-electron chi connectivity index (χ1n) is 7.92. The van der Waals surface area contributed by atoms with E-state index in [0.717, 1.165) is 17.5 Å². The molecule has 0 amide bonds. The van der Waals surface area contributed by atoms with E-state index in [9.17, 15) is 10.1 Å². The Bertz CT molecular complexity index is 526. The maximum Gasteiger partial charge on any atom is 0.292 e. The zero-order valence-electron chi connectivity index (χ0n) is 13.5. The molecule has 1 fully saturated rings. The van der Waals surface area contributed by atoms with Crippen LogP contribution in [0.2, 0.25) is 0 Å². The molecule has 2 unspecified atom stereocenters. The molecule has 116 valence electrons. The van der Waals surface area contributed by atoms with Crippen molar-refractivity contribution >= 4 is 11.4 Å². The summed E-state index contributed by atoms with van der Waals surface area (Å²) in [6, 6.07) is 3.96. The summed E-state index contributed by atoms with van der Waals surface area (Å²) in [4.78, 5) is 11.0. The van der Waals surface area contributed by atoms with Gasteiger partial charge in [0.1, 0.15) is 5.69 Å². The number of hydrogen-bond acceptors (Lipinski definition) is 3. The Labute approximate surface area is 127 Å². The highest BCUT2D eigenvalue weighted by atomic mass is 16.6. The van der Waals surface area contributed by atoms with Crippen LogP contribution in [0.4, 0.5) is 11.4 Å². The third-order valence-corrected chi connectivity index (χ3v) is 4.83. The summed E-state index contributed by atoms with van der Waals surface area (Å²) in [5, 5.41) is 14.8. The molecule has 1 aliphatic rings. The van der Waals surface area contributed by atoms with E-state index in [4.69, 9.17) is 0 Å². The van der Waals surface area contributed by atoms with E-state index in [1.807, 2.05) is 19.9 Å². The van der Waals surface area contributed by atoms with E-state index < -0.39 is 0 Å². The molecular weight excluding hydrogens is 264 g/mol. The standard InChI is InChI=1S/C17H26N2O2/c1-11(2)14-7-5-6-8-15(14)18-16-9-12(3)13(4)10-17(16)19(20)21/h9-11,14-15,18H,5-8H2,1-4H3. The maximum atomic E-state index is 11.3. The summed E-state index contributed by atoms with van der Waals surface area (Å²) in [7, 11) is 0.